The smallest absolute Gasteiger partial charge is 0.179 e. The first-order valence-electron chi connectivity index (χ1n) is 6.38. The zero-order valence-corrected chi connectivity index (χ0v) is 12.5. The second-order valence-corrected chi connectivity index (χ2v) is 4.56. The molecule has 1 aromatic carbocycles. The van der Waals surface area contributed by atoms with E-state index in [1.165, 1.54) is 32.4 Å². The standard InChI is InChI=1S/C16H12N4O3/c1-22-14-4-3-11(5-15(14)23-2)13(21)6-16(9-19,10-20)12(7-17)8-18/h3-5,12H,6H2,1-2H3. The number of nitriles is 4. The summed E-state index contributed by atoms with van der Waals surface area (Å²) < 4.78 is 10.1. The molecule has 1 aromatic rings. The van der Waals surface area contributed by atoms with Crippen LogP contribution in [0.1, 0.15) is 16.8 Å². The highest BCUT2D eigenvalue weighted by Gasteiger charge is 2.43. The molecular weight excluding hydrogens is 296 g/mol. The van der Waals surface area contributed by atoms with Crippen molar-refractivity contribution in [1.29, 1.82) is 21.0 Å². The Morgan fingerprint density at radius 2 is 1.65 bits per heavy atom. The van der Waals surface area contributed by atoms with E-state index in [4.69, 9.17) is 20.0 Å². The molecule has 7 heteroatoms. The first-order chi connectivity index (χ1) is 11.0. The molecule has 7 nitrogen and oxygen atoms in total. The lowest BCUT2D eigenvalue weighted by molar-refractivity contribution is 0.0950. The van der Waals surface area contributed by atoms with Gasteiger partial charge in [0.2, 0.25) is 0 Å². The second-order valence-electron chi connectivity index (χ2n) is 4.56. The van der Waals surface area contributed by atoms with E-state index >= 15 is 0 Å². The van der Waals surface area contributed by atoms with E-state index < -0.39 is 23.5 Å². The van der Waals surface area contributed by atoms with E-state index in [1.54, 1.807) is 24.3 Å². The Labute approximate surface area is 133 Å². The Bertz CT molecular complexity index is 746. The molecule has 0 amide bonds. The SMILES string of the molecule is COc1ccc(C(=O)CC(C#N)(C#N)C(C#N)C#N)cc1OC. The fourth-order valence-corrected chi connectivity index (χ4v) is 1.95. The fourth-order valence-electron chi connectivity index (χ4n) is 1.95. The molecule has 0 aliphatic heterocycles. The van der Waals surface area contributed by atoms with Gasteiger partial charge in [0.15, 0.2) is 28.6 Å². The van der Waals surface area contributed by atoms with Crippen LogP contribution in [0, 0.1) is 56.7 Å². The van der Waals surface area contributed by atoms with Crippen molar-refractivity contribution < 1.29 is 14.3 Å². The van der Waals surface area contributed by atoms with Gasteiger partial charge in [-0.15, -0.1) is 0 Å². The van der Waals surface area contributed by atoms with Gasteiger partial charge in [-0.3, -0.25) is 4.79 Å². The van der Waals surface area contributed by atoms with Crippen molar-refractivity contribution in [3.63, 3.8) is 0 Å². The van der Waals surface area contributed by atoms with E-state index in [-0.39, 0.29) is 5.56 Å². The predicted molar refractivity (Wildman–Crippen MR) is 76.9 cm³/mol. The molecule has 0 bridgehead atoms. The number of Topliss-reactive ketones (excluding diaryl/α,β-unsaturated/α-hetero) is 1. The van der Waals surface area contributed by atoms with Crippen LogP contribution in [0.4, 0.5) is 0 Å². The van der Waals surface area contributed by atoms with Crippen molar-refractivity contribution >= 4 is 5.78 Å². The van der Waals surface area contributed by atoms with Crippen LogP contribution in [0.3, 0.4) is 0 Å². The molecule has 0 N–H and O–H groups in total. The summed E-state index contributed by atoms with van der Waals surface area (Å²) >= 11 is 0. The van der Waals surface area contributed by atoms with Gasteiger partial charge in [-0.1, -0.05) is 0 Å². The highest BCUT2D eigenvalue weighted by molar-refractivity contribution is 5.97. The van der Waals surface area contributed by atoms with Crippen LogP contribution in [0.15, 0.2) is 18.2 Å². The van der Waals surface area contributed by atoms with Crippen LogP contribution in [0.25, 0.3) is 0 Å². The third-order valence-corrected chi connectivity index (χ3v) is 3.29. The molecule has 0 radical (unpaired) electrons. The lowest BCUT2D eigenvalue weighted by Crippen LogP contribution is -2.29. The van der Waals surface area contributed by atoms with Crippen LogP contribution in [0.2, 0.25) is 0 Å². The first-order valence-corrected chi connectivity index (χ1v) is 6.38. The van der Waals surface area contributed by atoms with E-state index in [0.717, 1.165) is 0 Å². The number of hydrogen-bond donors (Lipinski definition) is 0. The molecule has 114 valence electrons. The maximum atomic E-state index is 12.4. The minimum absolute atomic E-state index is 0.187. The largest absolute Gasteiger partial charge is 0.493 e. The Morgan fingerprint density at radius 3 is 2.09 bits per heavy atom. The van der Waals surface area contributed by atoms with Crippen LogP contribution in [-0.2, 0) is 0 Å². The molecule has 0 saturated carbocycles. The summed E-state index contributed by atoms with van der Waals surface area (Å²) in [6, 6.07) is 10.8. The normalized spacial score (nSPS) is 9.87. The maximum Gasteiger partial charge on any atom is 0.179 e. The van der Waals surface area contributed by atoms with Gasteiger partial charge >= 0.3 is 0 Å². The molecular formula is C16H12N4O3. The quantitative estimate of drug-likeness (QED) is 0.734. The molecule has 23 heavy (non-hydrogen) atoms. The number of rotatable bonds is 6. The van der Waals surface area contributed by atoms with Crippen molar-refractivity contribution in [2.75, 3.05) is 14.2 Å². The van der Waals surface area contributed by atoms with Gasteiger partial charge in [-0.2, -0.15) is 21.0 Å². The van der Waals surface area contributed by atoms with Gasteiger partial charge in [0.25, 0.3) is 0 Å². The van der Waals surface area contributed by atoms with Gasteiger partial charge in [-0.25, -0.2) is 0 Å². The average Bonchev–Trinajstić information content (AvgIpc) is 2.60. The molecule has 0 saturated heterocycles. The molecule has 0 fully saturated rings. The Morgan fingerprint density at radius 1 is 1.09 bits per heavy atom. The molecule has 0 atom stereocenters. The van der Waals surface area contributed by atoms with Crippen LogP contribution >= 0.6 is 0 Å². The van der Waals surface area contributed by atoms with E-state index in [9.17, 15) is 15.3 Å². The topological polar surface area (TPSA) is 131 Å². The van der Waals surface area contributed by atoms with Crippen molar-refractivity contribution in [2.45, 2.75) is 6.42 Å². The van der Waals surface area contributed by atoms with Crippen molar-refractivity contribution in [3.8, 4) is 35.8 Å². The zero-order valence-electron chi connectivity index (χ0n) is 12.5. The summed E-state index contributed by atoms with van der Waals surface area (Å²) in [4.78, 5) is 12.4. The zero-order chi connectivity index (χ0) is 17.5. The molecule has 1 rings (SSSR count). The fraction of sp³-hybridized carbons (Fsp3) is 0.312. The number of methoxy groups -OCH3 is 2. The lowest BCUT2D eigenvalue weighted by atomic mass is 9.74. The van der Waals surface area contributed by atoms with Gasteiger partial charge < -0.3 is 9.47 Å². The maximum absolute atomic E-state index is 12.4. The second kappa shape index (κ2) is 7.46. The van der Waals surface area contributed by atoms with Crippen molar-refractivity contribution in [3.05, 3.63) is 23.8 Å². The Hall–Kier alpha value is -3.55. The molecule has 0 unspecified atom stereocenters. The molecule has 0 aliphatic carbocycles. The van der Waals surface area contributed by atoms with E-state index in [2.05, 4.69) is 0 Å². The molecule has 0 heterocycles. The number of nitrogens with zero attached hydrogens (tertiary/aromatic N) is 4. The van der Waals surface area contributed by atoms with Crippen molar-refractivity contribution in [2.24, 2.45) is 11.3 Å². The van der Waals surface area contributed by atoms with Gasteiger partial charge in [-0.05, 0) is 18.2 Å². The summed E-state index contributed by atoms with van der Waals surface area (Å²) in [7, 11) is 2.85. The van der Waals surface area contributed by atoms with Crippen LogP contribution in [-0.4, -0.2) is 20.0 Å². The van der Waals surface area contributed by atoms with Gasteiger partial charge in [0.05, 0.1) is 38.5 Å². The number of ketones is 1. The first kappa shape index (κ1) is 17.5. The summed E-state index contributed by atoms with van der Waals surface area (Å²) in [6.45, 7) is 0. The summed E-state index contributed by atoms with van der Waals surface area (Å²) in [5.41, 5.74) is -1.83. The number of benzene rings is 1. The third-order valence-electron chi connectivity index (χ3n) is 3.29. The Balaban J connectivity index is 3.21. The predicted octanol–water partition coefficient (Wildman–Crippen LogP) is 1.97. The molecule has 0 aliphatic rings. The molecule has 0 spiro atoms. The Kier molecular flexibility index (Phi) is 5.67. The number of hydrogen-bond acceptors (Lipinski definition) is 7. The molecule has 0 aromatic heterocycles. The average molecular weight is 308 g/mol. The lowest BCUT2D eigenvalue weighted by Gasteiger charge is -2.18. The number of carbonyl (C=O) groups is 1. The van der Waals surface area contributed by atoms with Crippen LogP contribution < -0.4 is 9.47 Å². The van der Waals surface area contributed by atoms with Crippen molar-refractivity contribution in [1.82, 2.24) is 0 Å². The highest BCUT2D eigenvalue weighted by Crippen LogP contribution is 2.33. The van der Waals surface area contributed by atoms with Gasteiger partial charge in [0.1, 0.15) is 0 Å². The number of carbonyl (C=O) groups excluding carboxylic acids is 1. The van der Waals surface area contributed by atoms with E-state index in [1.807, 2.05) is 0 Å². The summed E-state index contributed by atoms with van der Waals surface area (Å²) in [5, 5.41) is 36.3. The van der Waals surface area contributed by atoms with E-state index in [0.29, 0.717) is 11.5 Å². The highest BCUT2D eigenvalue weighted by atomic mass is 16.5. The minimum Gasteiger partial charge on any atom is -0.493 e. The third kappa shape index (κ3) is 3.38. The van der Waals surface area contributed by atoms with Gasteiger partial charge in [0, 0.05) is 12.0 Å². The minimum atomic E-state index is -2.02. The number of ether oxygens (including phenoxy) is 2. The monoisotopic (exact) mass is 308 g/mol. The summed E-state index contributed by atoms with van der Waals surface area (Å²) in [5.74, 6) is -1.34. The van der Waals surface area contributed by atoms with Crippen LogP contribution in [0.5, 0.6) is 11.5 Å². The summed E-state index contributed by atoms with van der Waals surface area (Å²) in [6.07, 6.45) is -0.568.